The van der Waals surface area contributed by atoms with Crippen LogP contribution in [0.15, 0.2) is 102 Å². The van der Waals surface area contributed by atoms with Crippen molar-refractivity contribution >= 4 is 32.5 Å². The lowest BCUT2D eigenvalue weighted by atomic mass is 10.1. The van der Waals surface area contributed by atoms with E-state index in [-0.39, 0.29) is 17.1 Å². The third-order valence-corrected chi connectivity index (χ3v) is 6.87. The first-order valence-electron chi connectivity index (χ1n) is 9.74. The van der Waals surface area contributed by atoms with Crippen molar-refractivity contribution in [1.29, 1.82) is 0 Å². The maximum Gasteiger partial charge on any atom is 0.338 e. The normalized spacial score (nSPS) is 11.3. The predicted octanol–water partition coefficient (Wildman–Crippen LogP) is 5.02. The van der Waals surface area contributed by atoms with Crippen molar-refractivity contribution in [2.75, 3.05) is 11.4 Å². The highest BCUT2D eigenvalue weighted by atomic mass is 32.2. The van der Waals surface area contributed by atoms with Gasteiger partial charge in [-0.25, -0.2) is 13.2 Å². The average molecular weight is 432 g/mol. The molecule has 0 amide bonds. The van der Waals surface area contributed by atoms with Crippen LogP contribution in [0, 0.1) is 0 Å². The molecule has 0 heterocycles. The Morgan fingerprint density at radius 2 is 1.52 bits per heavy atom. The van der Waals surface area contributed by atoms with Crippen LogP contribution in [0.4, 0.5) is 5.69 Å². The number of anilines is 1. The molecule has 0 N–H and O–H groups in total. The van der Waals surface area contributed by atoms with E-state index < -0.39 is 16.0 Å². The van der Waals surface area contributed by atoms with Gasteiger partial charge < -0.3 is 4.74 Å². The van der Waals surface area contributed by atoms with Crippen LogP contribution >= 0.6 is 0 Å². The molecule has 0 aliphatic carbocycles. The molecule has 0 aliphatic rings. The van der Waals surface area contributed by atoms with Crippen LogP contribution < -0.4 is 4.31 Å². The zero-order chi connectivity index (χ0) is 21.8. The minimum atomic E-state index is -3.82. The quantitative estimate of drug-likeness (QED) is 0.402. The van der Waals surface area contributed by atoms with E-state index >= 15 is 0 Å². The first-order valence-corrected chi connectivity index (χ1v) is 11.2. The van der Waals surface area contributed by atoms with Crippen LogP contribution in [-0.2, 0) is 21.4 Å². The van der Waals surface area contributed by atoms with Crippen molar-refractivity contribution in [3.8, 4) is 0 Å². The highest BCUT2D eigenvalue weighted by molar-refractivity contribution is 7.92. The first kappa shape index (κ1) is 20.6. The van der Waals surface area contributed by atoms with E-state index in [1.165, 1.54) is 23.5 Å². The number of hydrogen-bond donors (Lipinski definition) is 0. The van der Waals surface area contributed by atoms with Crippen molar-refractivity contribution in [2.24, 2.45) is 0 Å². The number of esters is 1. The Hall–Kier alpha value is -3.64. The monoisotopic (exact) mass is 431 g/mol. The van der Waals surface area contributed by atoms with Gasteiger partial charge in [0.25, 0.3) is 10.0 Å². The van der Waals surface area contributed by atoms with Crippen LogP contribution in [0.2, 0.25) is 0 Å². The van der Waals surface area contributed by atoms with Gasteiger partial charge in [0.2, 0.25) is 0 Å². The molecule has 0 saturated carbocycles. The number of carbonyl (C=O) groups excluding carboxylic acids is 1. The van der Waals surface area contributed by atoms with Gasteiger partial charge in [-0.1, -0.05) is 66.7 Å². The maximum atomic E-state index is 13.0. The predicted molar refractivity (Wildman–Crippen MR) is 122 cm³/mol. The number of fused-ring (bicyclic) bond motifs is 1. The van der Waals surface area contributed by atoms with Crippen LogP contribution in [0.5, 0.6) is 0 Å². The second-order valence-electron chi connectivity index (χ2n) is 7.05. The lowest BCUT2D eigenvalue weighted by Crippen LogP contribution is -2.26. The van der Waals surface area contributed by atoms with Gasteiger partial charge in [0.1, 0.15) is 6.61 Å². The Kier molecular flexibility index (Phi) is 5.73. The standard InChI is InChI=1S/C25H21NO4S/c1-26(22-13-3-2-4-14-22)31(28,29)23-15-8-11-20(17-23)25(27)30-18-21-12-7-10-19-9-5-6-16-24(19)21/h2-17H,18H2,1H3. The van der Waals surface area contributed by atoms with Crippen molar-refractivity contribution < 1.29 is 17.9 Å². The van der Waals surface area contributed by atoms with Gasteiger partial charge in [0.05, 0.1) is 16.1 Å². The number of nitrogens with zero attached hydrogens (tertiary/aromatic N) is 1. The van der Waals surface area contributed by atoms with Gasteiger partial charge in [-0.05, 0) is 46.7 Å². The summed E-state index contributed by atoms with van der Waals surface area (Å²) in [5, 5.41) is 2.08. The molecule has 0 aromatic heterocycles. The SMILES string of the molecule is CN(c1ccccc1)S(=O)(=O)c1cccc(C(=O)OCc2cccc3ccccc23)c1. The number of para-hydroxylation sites is 1. The molecule has 0 spiro atoms. The first-order chi connectivity index (χ1) is 15.0. The molecule has 6 heteroatoms. The van der Waals surface area contributed by atoms with Gasteiger partial charge in [0, 0.05) is 7.05 Å². The Bertz CT molecular complexity index is 1330. The highest BCUT2D eigenvalue weighted by Crippen LogP contribution is 2.23. The summed E-state index contributed by atoms with van der Waals surface area (Å²) in [6.45, 7) is 0.0983. The highest BCUT2D eigenvalue weighted by Gasteiger charge is 2.22. The summed E-state index contributed by atoms with van der Waals surface area (Å²) in [4.78, 5) is 12.7. The molecule has 0 fully saturated rings. The minimum Gasteiger partial charge on any atom is -0.457 e. The van der Waals surface area contributed by atoms with Crippen LogP contribution in [0.1, 0.15) is 15.9 Å². The third kappa shape index (κ3) is 4.29. The molecular weight excluding hydrogens is 410 g/mol. The number of hydrogen-bond acceptors (Lipinski definition) is 4. The molecule has 0 aliphatic heterocycles. The second-order valence-corrected chi connectivity index (χ2v) is 9.02. The average Bonchev–Trinajstić information content (AvgIpc) is 2.82. The largest absolute Gasteiger partial charge is 0.457 e. The molecule has 0 atom stereocenters. The summed E-state index contributed by atoms with van der Waals surface area (Å²) < 4.78 is 32.7. The zero-order valence-electron chi connectivity index (χ0n) is 16.9. The molecule has 156 valence electrons. The summed E-state index contributed by atoms with van der Waals surface area (Å²) in [5.41, 5.74) is 1.60. The number of sulfonamides is 1. The lowest BCUT2D eigenvalue weighted by molar-refractivity contribution is 0.0474. The van der Waals surface area contributed by atoms with E-state index in [1.54, 1.807) is 36.4 Å². The van der Waals surface area contributed by atoms with E-state index in [0.717, 1.165) is 16.3 Å². The summed E-state index contributed by atoms with van der Waals surface area (Å²) in [6, 6.07) is 28.4. The molecule has 4 aromatic carbocycles. The van der Waals surface area contributed by atoms with Gasteiger partial charge in [0.15, 0.2) is 0 Å². The number of ether oxygens (including phenoxy) is 1. The van der Waals surface area contributed by atoms with Gasteiger partial charge in [-0.15, -0.1) is 0 Å². The van der Waals surface area contributed by atoms with Gasteiger partial charge >= 0.3 is 5.97 Å². The van der Waals surface area contributed by atoms with Crippen molar-refractivity contribution in [1.82, 2.24) is 0 Å². The third-order valence-electron chi connectivity index (χ3n) is 5.09. The number of carbonyl (C=O) groups is 1. The molecule has 4 rings (SSSR count). The van der Waals surface area contributed by atoms with Gasteiger partial charge in [-0.3, -0.25) is 4.31 Å². The van der Waals surface area contributed by atoms with Crippen molar-refractivity contribution in [2.45, 2.75) is 11.5 Å². The number of benzene rings is 4. The van der Waals surface area contributed by atoms with Crippen LogP contribution in [0.25, 0.3) is 10.8 Å². The molecule has 31 heavy (non-hydrogen) atoms. The van der Waals surface area contributed by atoms with Gasteiger partial charge in [-0.2, -0.15) is 0 Å². The fourth-order valence-electron chi connectivity index (χ4n) is 3.36. The Morgan fingerprint density at radius 3 is 2.32 bits per heavy atom. The van der Waals surface area contributed by atoms with Crippen molar-refractivity contribution in [3.63, 3.8) is 0 Å². The fraction of sp³-hybridized carbons (Fsp3) is 0.0800. The molecule has 5 nitrogen and oxygen atoms in total. The Labute approximate surface area is 181 Å². The van der Waals surface area contributed by atoms with Crippen LogP contribution in [0.3, 0.4) is 0 Å². The summed E-state index contributed by atoms with van der Waals surface area (Å²) >= 11 is 0. The second kappa shape index (κ2) is 8.62. The van der Waals surface area contributed by atoms with E-state index in [0.29, 0.717) is 5.69 Å². The fourth-order valence-corrected chi connectivity index (χ4v) is 4.61. The Morgan fingerprint density at radius 1 is 0.839 bits per heavy atom. The topological polar surface area (TPSA) is 63.7 Å². The van der Waals surface area contributed by atoms with E-state index in [1.807, 2.05) is 48.5 Å². The minimum absolute atomic E-state index is 0.0264. The van der Waals surface area contributed by atoms with E-state index in [9.17, 15) is 13.2 Å². The molecule has 0 saturated heterocycles. The molecule has 0 bridgehead atoms. The van der Waals surface area contributed by atoms with E-state index in [4.69, 9.17) is 4.74 Å². The molecule has 0 unspecified atom stereocenters. The smallest absolute Gasteiger partial charge is 0.338 e. The number of rotatable bonds is 6. The Balaban J connectivity index is 1.54. The van der Waals surface area contributed by atoms with E-state index in [2.05, 4.69) is 0 Å². The molecule has 4 aromatic rings. The molecule has 0 radical (unpaired) electrons. The maximum absolute atomic E-state index is 13.0. The summed E-state index contributed by atoms with van der Waals surface area (Å²) in [5.74, 6) is -0.577. The summed E-state index contributed by atoms with van der Waals surface area (Å²) in [7, 11) is -2.34. The molecular formula is C25H21NO4S. The lowest BCUT2D eigenvalue weighted by Gasteiger charge is -2.19. The summed E-state index contributed by atoms with van der Waals surface area (Å²) in [6.07, 6.45) is 0. The van der Waals surface area contributed by atoms with Crippen molar-refractivity contribution in [3.05, 3.63) is 108 Å². The zero-order valence-corrected chi connectivity index (χ0v) is 17.7. The van der Waals surface area contributed by atoms with Crippen LogP contribution in [-0.4, -0.2) is 21.4 Å².